The Morgan fingerprint density at radius 2 is 1.65 bits per heavy atom. The summed E-state index contributed by atoms with van der Waals surface area (Å²) in [4.78, 5) is 0. The fraction of sp³-hybridized carbons (Fsp3) is 0.294. The standard InChI is InChI=1S/C17H20FN3O3S.ClH/c1-19-12-13(22)10-11-20-16-8-4-5-9-17(16)21(25(20,23)24)15-7-3-2-6-14(15)18;/h2-9,13,19,22H,10-12H2,1H3;1H/t13-;/m1./s1. The number of hydrogen-bond acceptors (Lipinski definition) is 4. The summed E-state index contributed by atoms with van der Waals surface area (Å²) in [5, 5.41) is 12.7. The molecule has 0 radical (unpaired) electrons. The Kier molecular flexibility index (Phi) is 6.46. The van der Waals surface area contributed by atoms with Crippen LogP contribution in [0.4, 0.5) is 21.5 Å². The summed E-state index contributed by atoms with van der Waals surface area (Å²) in [6, 6.07) is 12.5. The summed E-state index contributed by atoms with van der Waals surface area (Å²) >= 11 is 0. The van der Waals surface area contributed by atoms with Crippen molar-refractivity contribution in [2.24, 2.45) is 0 Å². The molecule has 26 heavy (non-hydrogen) atoms. The summed E-state index contributed by atoms with van der Waals surface area (Å²) in [6.45, 7) is 0.472. The van der Waals surface area contributed by atoms with Crippen molar-refractivity contribution in [2.75, 3.05) is 28.7 Å². The van der Waals surface area contributed by atoms with E-state index in [9.17, 15) is 17.9 Å². The molecule has 0 aromatic heterocycles. The van der Waals surface area contributed by atoms with Crippen molar-refractivity contribution in [1.82, 2.24) is 5.32 Å². The van der Waals surface area contributed by atoms with Gasteiger partial charge in [-0.25, -0.2) is 8.70 Å². The molecule has 142 valence electrons. The van der Waals surface area contributed by atoms with E-state index in [2.05, 4.69) is 5.32 Å². The third-order valence-corrected chi connectivity index (χ3v) is 5.85. The quantitative estimate of drug-likeness (QED) is 0.779. The summed E-state index contributed by atoms with van der Waals surface area (Å²) in [5.74, 6) is -0.613. The monoisotopic (exact) mass is 401 g/mol. The lowest BCUT2D eigenvalue weighted by Crippen LogP contribution is -2.38. The van der Waals surface area contributed by atoms with Crippen molar-refractivity contribution in [3.05, 3.63) is 54.3 Å². The van der Waals surface area contributed by atoms with E-state index in [-0.39, 0.29) is 31.1 Å². The average Bonchev–Trinajstić information content (AvgIpc) is 2.80. The number of aliphatic hydroxyl groups excluding tert-OH is 1. The number of rotatable bonds is 6. The van der Waals surface area contributed by atoms with Gasteiger partial charge in [-0.15, -0.1) is 12.4 Å². The Bertz CT molecular complexity index is 866. The molecule has 9 heteroatoms. The summed E-state index contributed by atoms with van der Waals surface area (Å²) in [5.41, 5.74) is 0.853. The number of para-hydroxylation sites is 3. The SMILES string of the molecule is CNC[C@H](O)CCN1c2ccccc2N(c2ccccc2F)S1(=O)=O.Cl. The van der Waals surface area contributed by atoms with Crippen molar-refractivity contribution in [3.63, 3.8) is 0 Å². The van der Waals surface area contributed by atoms with Crippen LogP contribution >= 0.6 is 12.4 Å². The van der Waals surface area contributed by atoms with Crippen molar-refractivity contribution in [3.8, 4) is 0 Å². The Morgan fingerprint density at radius 3 is 2.27 bits per heavy atom. The molecule has 6 nitrogen and oxygen atoms in total. The number of halogens is 2. The zero-order valence-corrected chi connectivity index (χ0v) is 15.8. The molecule has 2 aromatic rings. The number of nitrogens with zero attached hydrogens (tertiary/aromatic N) is 2. The lowest BCUT2D eigenvalue weighted by atomic mass is 10.2. The van der Waals surface area contributed by atoms with E-state index >= 15 is 0 Å². The van der Waals surface area contributed by atoms with Gasteiger partial charge in [0.15, 0.2) is 0 Å². The number of hydrogen-bond donors (Lipinski definition) is 2. The van der Waals surface area contributed by atoms with E-state index in [0.29, 0.717) is 17.9 Å². The van der Waals surface area contributed by atoms with Gasteiger partial charge in [-0.2, -0.15) is 8.42 Å². The third-order valence-electron chi connectivity index (χ3n) is 4.05. The highest BCUT2D eigenvalue weighted by molar-refractivity contribution is 7.95. The van der Waals surface area contributed by atoms with Crippen molar-refractivity contribution in [2.45, 2.75) is 12.5 Å². The van der Waals surface area contributed by atoms with Gasteiger partial charge in [-0.1, -0.05) is 24.3 Å². The maximum absolute atomic E-state index is 14.2. The Hall–Kier alpha value is -1.87. The zero-order chi connectivity index (χ0) is 18.0. The highest BCUT2D eigenvalue weighted by Gasteiger charge is 2.41. The van der Waals surface area contributed by atoms with Crippen LogP contribution in [0.5, 0.6) is 0 Å². The van der Waals surface area contributed by atoms with Gasteiger partial charge >= 0.3 is 10.2 Å². The maximum Gasteiger partial charge on any atom is 0.331 e. The van der Waals surface area contributed by atoms with E-state index in [0.717, 1.165) is 4.31 Å². The highest BCUT2D eigenvalue weighted by atomic mass is 35.5. The first-order valence-corrected chi connectivity index (χ1v) is 9.35. The molecule has 1 aliphatic heterocycles. The minimum absolute atomic E-state index is 0. The Morgan fingerprint density at radius 1 is 1.08 bits per heavy atom. The Labute approximate surface area is 158 Å². The molecular weight excluding hydrogens is 381 g/mol. The van der Waals surface area contributed by atoms with Crippen LogP contribution in [0.2, 0.25) is 0 Å². The minimum atomic E-state index is -3.98. The molecular formula is C17H21ClFN3O3S. The molecule has 0 spiro atoms. The second-order valence-corrected chi connectivity index (χ2v) is 7.49. The van der Waals surface area contributed by atoms with Crippen LogP contribution in [-0.2, 0) is 10.2 Å². The molecule has 2 aromatic carbocycles. The van der Waals surface area contributed by atoms with Crippen LogP contribution in [0.1, 0.15) is 6.42 Å². The first kappa shape index (κ1) is 20.4. The molecule has 0 bridgehead atoms. The number of likely N-dealkylation sites (N-methyl/N-ethyl adjacent to an activating group) is 1. The zero-order valence-electron chi connectivity index (χ0n) is 14.2. The predicted octanol–water partition coefficient (Wildman–Crippen LogP) is 2.42. The van der Waals surface area contributed by atoms with Crippen molar-refractivity contribution >= 4 is 39.7 Å². The smallest absolute Gasteiger partial charge is 0.331 e. The minimum Gasteiger partial charge on any atom is -0.392 e. The Balaban J connectivity index is 0.00000243. The second kappa shape index (κ2) is 8.22. The maximum atomic E-state index is 14.2. The molecule has 1 heterocycles. The topological polar surface area (TPSA) is 72.9 Å². The molecule has 2 N–H and O–H groups in total. The molecule has 0 aliphatic carbocycles. The fourth-order valence-corrected chi connectivity index (χ4v) is 4.64. The second-order valence-electron chi connectivity index (χ2n) is 5.78. The molecule has 0 saturated carbocycles. The predicted molar refractivity (Wildman–Crippen MR) is 103 cm³/mol. The number of fused-ring (bicyclic) bond motifs is 1. The fourth-order valence-electron chi connectivity index (χ4n) is 2.90. The average molecular weight is 402 g/mol. The van der Waals surface area contributed by atoms with Gasteiger partial charge < -0.3 is 10.4 Å². The van der Waals surface area contributed by atoms with Gasteiger partial charge in [-0.3, -0.25) is 4.31 Å². The van der Waals surface area contributed by atoms with Crippen LogP contribution in [-0.4, -0.2) is 39.8 Å². The van der Waals surface area contributed by atoms with Gasteiger partial charge in [0.1, 0.15) is 5.82 Å². The van der Waals surface area contributed by atoms with Crippen LogP contribution in [0.3, 0.4) is 0 Å². The first-order chi connectivity index (χ1) is 12.0. The van der Waals surface area contributed by atoms with Crippen molar-refractivity contribution < 1.29 is 17.9 Å². The molecule has 0 saturated heterocycles. The largest absolute Gasteiger partial charge is 0.392 e. The lowest BCUT2D eigenvalue weighted by molar-refractivity contribution is 0.167. The third kappa shape index (κ3) is 3.64. The van der Waals surface area contributed by atoms with Crippen LogP contribution in [0.15, 0.2) is 48.5 Å². The van der Waals surface area contributed by atoms with Crippen LogP contribution in [0, 0.1) is 5.82 Å². The van der Waals surface area contributed by atoms with Gasteiger partial charge in [0.25, 0.3) is 0 Å². The van der Waals surface area contributed by atoms with Crippen LogP contribution in [0.25, 0.3) is 0 Å². The molecule has 1 aliphatic rings. The van der Waals surface area contributed by atoms with E-state index in [1.165, 1.54) is 22.5 Å². The number of aliphatic hydroxyl groups is 1. The first-order valence-electron chi connectivity index (χ1n) is 7.96. The molecule has 0 fully saturated rings. The van der Waals surface area contributed by atoms with Gasteiger partial charge in [0.2, 0.25) is 0 Å². The van der Waals surface area contributed by atoms with Gasteiger partial charge in [-0.05, 0) is 37.7 Å². The van der Waals surface area contributed by atoms with Gasteiger partial charge in [0.05, 0.1) is 23.2 Å². The summed E-state index contributed by atoms with van der Waals surface area (Å²) in [7, 11) is -2.26. The normalized spacial score (nSPS) is 16.1. The van der Waals surface area contributed by atoms with E-state index in [1.54, 1.807) is 37.4 Å². The van der Waals surface area contributed by atoms with E-state index in [4.69, 9.17) is 0 Å². The molecule has 1 atom stereocenters. The van der Waals surface area contributed by atoms with Crippen LogP contribution < -0.4 is 13.9 Å². The lowest BCUT2D eigenvalue weighted by Gasteiger charge is -2.23. The molecule has 0 unspecified atom stereocenters. The van der Waals surface area contributed by atoms with E-state index < -0.39 is 22.1 Å². The van der Waals surface area contributed by atoms with Gasteiger partial charge in [0, 0.05) is 13.1 Å². The summed E-state index contributed by atoms with van der Waals surface area (Å²) in [6.07, 6.45) is -0.408. The number of anilines is 3. The molecule has 3 rings (SSSR count). The van der Waals surface area contributed by atoms with Crippen molar-refractivity contribution in [1.29, 1.82) is 0 Å². The highest BCUT2D eigenvalue weighted by Crippen LogP contribution is 2.45. The number of benzene rings is 2. The summed E-state index contributed by atoms with van der Waals surface area (Å²) < 4.78 is 42.6. The molecule has 0 amide bonds. The van der Waals surface area contributed by atoms with E-state index in [1.807, 2.05) is 0 Å². The number of nitrogens with one attached hydrogen (secondary N) is 1.